The number of carbonyl (C=O) groups excluding carboxylic acids is 1. The van der Waals surface area contributed by atoms with E-state index in [0.29, 0.717) is 0 Å². The minimum Gasteiger partial charge on any atom is -0.488 e. The fourth-order valence-corrected chi connectivity index (χ4v) is 1.99. The Morgan fingerprint density at radius 2 is 1.77 bits per heavy atom. The maximum absolute atomic E-state index is 11.9. The van der Waals surface area contributed by atoms with Gasteiger partial charge in [0.15, 0.2) is 0 Å². The zero-order valence-electron chi connectivity index (χ0n) is 12.1. The van der Waals surface area contributed by atoms with Gasteiger partial charge >= 0.3 is 11.9 Å². The van der Waals surface area contributed by atoms with E-state index in [1.807, 2.05) is 30.3 Å². The van der Waals surface area contributed by atoms with Crippen LogP contribution in [0.25, 0.3) is 0 Å². The van der Waals surface area contributed by atoms with E-state index in [1.54, 1.807) is 13.0 Å². The monoisotopic (exact) mass is 300 g/mol. The second-order valence-corrected chi connectivity index (χ2v) is 4.48. The lowest BCUT2D eigenvalue weighted by molar-refractivity contribution is 0.0513. The molecule has 2 aromatic rings. The Labute approximate surface area is 128 Å². The first-order valence-electron chi connectivity index (χ1n) is 6.83. The topological polar surface area (TPSA) is 72.8 Å². The van der Waals surface area contributed by atoms with Crippen molar-refractivity contribution in [1.29, 1.82) is 0 Å². The van der Waals surface area contributed by atoms with Crippen molar-refractivity contribution >= 4 is 11.9 Å². The lowest BCUT2D eigenvalue weighted by Gasteiger charge is -2.12. The van der Waals surface area contributed by atoms with Crippen LogP contribution in [0.2, 0.25) is 0 Å². The molecule has 0 aromatic heterocycles. The second kappa shape index (κ2) is 7.26. The van der Waals surface area contributed by atoms with Gasteiger partial charge in [-0.3, -0.25) is 0 Å². The molecule has 0 atom stereocenters. The summed E-state index contributed by atoms with van der Waals surface area (Å²) in [5, 5.41) is 9.37. The average Bonchev–Trinajstić information content (AvgIpc) is 2.53. The number of carbonyl (C=O) groups is 2. The molecule has 0 aliphatic carbocycles. The first-order chi connectivity index (χ1) is 10.6. The summed E-state index contributed by atoms with van der Waals surface area (Å²) in [6.45, 7) is 2.05. The highest BCUT2D eigenvalue weighted by Gasteiger charge is 2.22. The summed E-state index contributed by atoms with van der Waals surface area (Å²) in [4.78, 5) is 23.3. The van der Waals surface area contributed by atoms with Crippen LogP contribution in [-0.2, 0) is 11.3 Å². The number of carboxylic acid groups (broad SMARTS) is 1. The number of aromatic carboxylic acids is 1. The number of hydrogen-bond donors (Lipinski definition) is 1. The van der Waals surface area contributed by atoms with Crippen LogP contribution in [-0.4, -0.2) is 23.7 Å². The lowest BCUT2D eigenvalue weighted by atomic mass is 10.1. The summed E-state index contributed by atoms with van der Waals surface area (Å²) in [7, 11) is 0. The molecule has 5 nitrogen and oxygen atoms in total. The molecule has 0 bridgehead atoms. The Morgan fingerprint density at radius 3 is 2.41 bits per heavy atom. The van der Waals surface area contributed by atoms with Gasteiger partial charge in [-0.25, -0.2) is 9.59 Å². The lowest BCUT2D eigenvalue weighted by Crippen LogP contribution is -2.13. The average molecular weight is 300 g/mol. The Kier molecular flexibility index (Phi) is 5.14. The van der Waals surface area contributed by atoms with Gasteiger partial charge in [0.05, 0.1) is 12.2 Å². The third-order valence-electron chi connectivity index (χ3n) is 2.97. The Balaban J connectivity index is 2.29. The SMILES string of the molecule is CCOC(=O)c1cccc(OCc2ccccc2)c1C(=O)O. The van der Waals surface area contributed by atoms with Crippen LogP contribution >= 0.6 is 0 Å². The van der Waals surface area contributed by atoms with Gasteiger partial charge in [0, 0.05) is 0 Å². The summed E-state index contributed by atoms with van der Waals surface area (Å²) >= 11 is 0. The van der Waals surface area contributed by atoms with E-state index < -0.39 is 11.9 Å². The van der Waals surface area contributed by atoms with Gasteiger partial charge in [-0.05, 0) is 24.6 Å². The molecule has 0 radical (unpaired) electrons. The van der Waals surface area contributed by atoms with Crippen molar-refractivity contribution in [2.45, 2.75) is 13.5 Å². The van der Waals surface area contributed by atoms with Crippen molar-refractivity contribution < 1.29 is 24.2 Å². The molecule has 0 aliphatic heterocycles. The van der Waals surface area contributed by atoms with Crippen LogP contribution < -0.4 is 4.74 Å². The van der Waals surface area contributed by atoms with E-state index >= 15 is 0 Å². The highest BCUT2D eigenvalue weighted by molar-refractivity contribution is 6.04. The van der Waals surface area contributed by atoms with Crippen molar-refractivity contribution in [2.75, 3.05) is 6.61 Å². The minimum absolute atomic E-state index is 0.0140. The maximum Gasteiger partial charge on any atom is 0.340 e. The van der Waals surface area contributed by atoms with E-state index in [1.165, 1.54) is 12.1 Å². The van der Waals surface area contributed by atoms with Crippen molar-refractivity contribution in [3.8, 4) is 5.75 Å². The van der Waals surface area contributed by atoms with Gasteiger partial charge in [-0.2, -0.15) is 0 Å². The molecular formula is C17H16O5. The van der Waals surface area contributed by atoms with E-state index in [4.69, 9.17) is 9.47 Å². The maximum atomic E-state index is 11.9. The summed E-state index contributed by atoms with van der Waals surface area (Å²) in [6.07, 6.45) is 0. The number of esters is 1. The first-order valence-corrected chi connectivity index (χ1v) is 6.83. The number of hydrogen-bond acceptors (Lipinski definition) is 4. The standard InChI is InChI=1S/C17H16O5/c1-2-21-17(20)13-9-6-10-14(15(13)16(18)19)22-11-12-7-4-3-5-8-12/h3-10H,2,11H2,1H3,(H,18,19). The quantitative estimate of drug-likeness (QED) is 0.830. The summed E-state index contributed by atoms with van der Waals surface area (Å²) in [6, 6.07) is 13.9. The number of ether oxygens (including phenoxy) is 2. The van der Waals surface area contributed by atoms with E-state index in [-0.39, 0.29) is 30.1 Å². The highest BCUT2D eigenvalue weighted by Crippen LogP contribution is 2.24. The Morgan fingerprint density at radius 1 is 1.05 bits per heavy atom. The third-order valence-corrected chi connectivity index (χ3v) is 2.97. The molecule has 22 heavy (non-hydrogen) atoms. The Bertz CT molecular complexity index is 664. The van der Waals surface area contributed by atoms with Crippen molar-refractivity contribution in [2.24, 2.45) is 0 Å². The molecule has 2 aromatic carbocycles. The molecule has 0 spiro atoms. The molecule has 114 valence electrons. The summed E-state index contributed by atoms with van der Waals surface area (Å²) < 4.78 is 10.4. The molecule has 0 unspecified atom stereocenters. The number of benzene rings is 2. The van der Waals surface area contributed by atoms with Gasteiger partial charge in [-0.15, -0.1) is 0 Å². The van der Waals surface area contributed by atoms with Crippen LogP contribution in [0.5, 0.6) is 5.75 Å². The minimum atomic E-state index is -1.23. The van der Waals surface area contributed by atoms with Gasteiger partial charge < -0.3 is 14.6 Å². The molecule has 0 amide bonds. The molecule has 2 rings (SSSR count). The van der Waals surface area contributed by atoms with E-state index in [0.717, 1.165) is 5.56 Å². The molecule has 0 fully saturated rings. The van der Waals surface area contributed by atoms with Crippen LogP contribution in [0, 0.1) is 0 Å². The molecular weight excluding hydrogens is 284 g/mol. The molecule has 0 saturated heterocycles. The van der Waals surface area contributed by atoms with Gasteiger partial charge in [0.25, 0.3) is 0 Å². The second-order valence-electron chi connectivity index (χ2n) is 4.48. The largest absolute Gasteiger partial charge is 0.488 e. The van der Waals surface area contributed by atoms with Crippen molar-refractivity contribution in [1.82, 2.24) is 0 Å². The fourth-order valence-electron chi connectivity index (χ4n) is 1.99. The predicted molar refractivity (Wildman–Crippen MR) is 80.1 cm³/mol. The smallest absolute Gasteiger partial charge is 0.340 e. The molecule has 0 heterocycles. The van der Waals surface area contributed by atoms with Crippen LogP contribution in [0.4, 0.5) is 0 Å². The summed E-state index contributed by atoms with van der Waals surface area (Å²) in [5.74, 6) is -1.77. The van der Waals surface area contributed by atoms with E-state index in [2.05, 4.69) is 0 Å². The third kappa shape index (κ3) is 3.63. The molecule has 1 N–H and O–H groups in total. The van der Waals surface area contributed by atoms with Crippen LogP contribution in [0.15, 0.2) is 48.5 Å². The zero-order chi connectivity index (χ0) is 15.9. The van der Waals surface area contributed by atoms with Crippen molar-refractivity contribution in [3.05, 3.63) is 65.2 Å². The summed E-state index contributed by atoms with van der Waals surface area (Å²) in [5.41, 5.74) is 0.706. The highest BCUT2D eigenvalue weighted by atomic mass is 16.5. The fraction of sp³-hybridized carbons (Fsp3) is 0.176. The van der Waals surface area contributed by atoms with Gasteiger partial charge in [0.2, 0.25) is 0 Å². The zero-order valence-corrected chi connectivity index (χ0v) is 12.1. The van der Waals surface area contributed by atoms with Gasteiger partial charge in [-0.1, -0.05) is 36.4 Å². The predicted octanol–water partition coefficient (Wildman–Crippen LogP) is 3.14. The Hall–Kier alpha value is -2.82. The van der Waals surface area contributed by atoms with Crippen molar-refractivity contribution in [3.63, 3.8) is 0 Å². The molecule has 5 heteroatoms. The first kappa shape index (κ1) is 15.6. The number of rotatable bonds is 6. The number of carboxylic acids is 1. The molecule has 0 aliphatic rings. The van der Waals surface area contributed by atoms with E-state index in [9.17, 15) is 14.7 Å². The van der Waals surface area contributed by atoms with Gasteiger partial charge in [0.1, 0.15) is 17.9 Å². The normalized spacial score (nSPS) is 10.0. The van der Waals surface area contributed by atoms with Crippen LogP contribution in [0.3, 0.4) is 0 Å². The molecule has 0 saturated carbocycles. The van der Waals surface area contributed by atoms with Crippen LogP contribution in [0.1, 0.15) is 33.2 Å².